The van der Waals surface area contributed by atoms with Gasteiger partial charge in [-0.25, -0.2) is 0 Å². The molecule has 0 bridgehead atoms. The summed E-state index contributed by atoms with van der Waals surface area (Å²) in [6.07, 6.45) is 0.501. The van der Waals surface area contributed by atoms with Crippen LogP contribution in [-0.4, -0.2) is 47.6 Å². The largest absolute Gasteiger partial charge is 0.481 e. The maximum atomic E-state index is 11.4. The summed E-state index contributed by atoms with van der Waals surface area (Å²) in [6, 6.07) is 0.179. The Balaban J connectivity index is 2.14. The molecule has 0 radical (unpaired) electrons. The van der Waals surface area contributed by atoms with Crippen molar-refractivity contribution in [3.05, 3.63) is 0 Å². The van der Waals surface area contributed by atoms with Crippen LogP contribution in [0.15, 0.2) is 0 Å². The third kappa shape index (κ3) is 5.27. The third-order valence-corrected chi connectivity index (χ3v) is 4.07. The van der Waals surface area contributed by atoms with Gasteiger partial charge in [0.15, 0.2) is 0 Å². The average molecular weight is 274 g/mol. The van der Waals surface area contributed by atoms with Crippen molar-refractivity contribution in [2.24, 2.45) is 11.8 Å². The fourth-order valence-corrected chi connectivity index (χ4v) is 3.14. The summed E-state index contributed by atoms with van der Waals surface area (Å²) >= 11 is 1.66. The molecule has 0 aromatic carbocycles. The second-order valence-corrected chi connectivity index (χ2v) is 6.06. The van der Waals surface area contributed by atoms with Gasteiger partial charge in [-0.1, -0.05) is 0 Å². The van der Waals surface area contributed by atoms with Crippen molar-refractivity contribution in [1.82, 2.24) is 10.6 Å². The van der Waals surface area contributed by atoms with Gasteiger partial charge in [0.05, 0.1) is 5.92 Å². The van der Waals surface area contributed by atoms with E-state index in [-0.39, 0.29) is 23.8 Å². The standard InChI is InChI=1S/C12H22N2O3S/c1-8(2)14-11(15)3-4-18-7-9-5-13-6-10(9)12(16)17/h8-10,13H,3-7H2,1-2H3,(H,14,15)(H,16,17). The first-order valence-corrected chi connectivity index (χ1v) is 7.46. The van der Waals surface area contributed by atoms with Gasteiger partial charge in [-0.05, 0) is 32.1 Å². The van der Waals surface area contributed by atoms with Gasteiger partial charge in [0.1, 0.15) is 0 Å². The van der Waals surface area contributed by atoms with Crippen molar-refractivity contribution in [2.45, 2.75) is 26.3 Å². The van der Waals surface area contributed by atoms with Crippen LogP contribution in [0.5, 0.6) is 0 Å². The molecule has 0 aliphatic carbocycles. The molecule has 0 aromatic rings. The molecular formula is C12H22N2O3S. The van der Waals surface area contributed by atoms with Crippen LogP contribution >= 0.6 is 11.8 Å². The van der Waals surface area contributed by atoms with Crippen LogP contribution < -0.4 is 10.6 Å². The molecule has 1 saturated heterocycles. The predicted molar refractivity (Wildman–Crippen MR) is 72.7 cm³/mol. The molecular weight excluding hydrogens is 252 g/mol. The normalized spacial score (nSPS) is 23.3. The van der Waals surface area contributed by atoms with Crippen molar-refractivity contribution in [3.63, 3.8) is 0 Å². The summed E-state index contributed by atoms with van der Waals surface area (Å²) in [7, 11) is 0. The first-order chi connectivity index (χ1) is 8.50. The molecule has 18 heavy (non-hydrogen) atoms. The molecule has 104 valence electrons. The molecule has 1 aliphatic heterocycles. The number of thioether (sulfide) groups is 1. The number of carbonyl (C=O) groups excluding carboxylic acids is 1. The van der Waals surface area contributed by atoms with E-state index in [1.54, 1.807) is 11.8 Å². The van der Waals surface area contributed by atoms with E-state index in [0.29, 0.717) is 13.0 Å². The number of amides is 1. The van der Waals surface area contributed by atoms with Crippen LogP contribution in [0, 0.1) is 11.8 Å². The third-order valence-electron chi connectivity index (χ3n) is 2.91. The molecule has 3 N–H and O–H groups in total. The summed E-state index contributed by atoms with van der Waals surface area (Å²) in [4.78, 5) is 22.4. The molecule has 1 amide bonds. The van der Waals surface area contributed by atoms with E-state index >= 15 is 0 Å². The van der Waals surface area contributed by atoms with E-state index in [2.05, 4.69) is 10.6 Å². The second-order valence-electron chi connectivity index (χ2n) is 4.91. The zero-order valence-electron chi connectivity index (χ0n) is 10.9. The van der Waals surface area contributed by atoms with Crippen molar-refractivity contribution >= 4 is 23.6 Å². The Morgan fingerprint density at radius 3 is 2.78 bits per heavy atom. The summed E-state index contributed by atoms with van der Waals surface area (Å²) in [5.41, 5.74) is 0. The van der Waals surface area contributed by atoms with Gasteiger partial charge in [0.2, 0.25) is 5.91 Å². The van der Waals surface area contributed by atoms with Crippen LogP contribution in [0.3, 0.4) is 0 Å². The molecule has 0 spiro atoms. The molecule has 1 fully saturated rings. The van der Waals surface area contributed by atoms with E-state index in [1.165, 1.54) is 0 Å². The van der Waals surface area contributed by atoms with Gasteiger partial charge in [0.25, 0.3) is 0 Å². The summed E-state index contributed by atoms with van der Waals surface area (Å²) in [5.74, 6) is 0.808. The topological polar surface area (TPSA) is 78.4 Å². The molecule has 2 atom stereocenters. The number of carbonyl (C=O) groups is 2. The summed E-state index contributed by atoms with van der Waals surface area (Å²) < 4.78 is 0. The van der Waals surface area contributed by atoms with Crippen LogP contribution in [-0.2, 0) is 9.59 Å². The number of aliphatic carboxylic acids is 1. The fraction of sp³-hybridized carbons (Fsp3) is 0.833. The number of nitrogens with one attached hydrogen (secondary N) is 2. The number of carboxylic acids is 1. The van der Waals surface area contributed by atoms with E-state index in [9.17, 15) is 9.59 Å². The lowest BCUT2D eigenvalue weighted by atomic mass is 9.98. The lowest BCUT2D eigenvalue weighted by molar-refractivity contribution is -0.142. The van der Waals surface area contributed by atoms with Crippen molar-refractivity contribution in [3.8, 4) is 0 Å². The average Bonchev–Trinajstić information content (AvgIpc) is 2.71. The highest BCUT2D eigenvalue weighted by Crippen LogP contribution is 2.22. The Morgan fingerprint density at radius 1 is 1.44 bits per heavy atom. The molecule has 1 aliphatic rings. The van der Waals surface area contributed by atoms with E-state index in [4.69, 9.17) is 5.11 Å². The summed E-state index contributed by atoms with van der Waals surface area (Å²) in [6.45, 7) is 5.20. The minimum absolute atomic E-state index is 0.0665. The van der Waals surface area contributed by atoms with Crippen LogP contribution in [0.1, 0.15) is 20.3 Å². The van der Waals surface area contributed by atoms with Crippen LogP contribution in [0.25, 0.3) is 0 Å². The molecule has 1 heterocycles. The Kier molecular flexibility index (Phi) is 6.49. The van der Waals surface area contributed by atoms with Crippen molar-refractivity contribution in [1.29, 1.82) is 0 Å². The number of rotatable bonds is 7. The Labute approximate surface area is 112 Å². The van der Waals surface area contributed by atoms with Crippen LogP contribution in [0.2, 0.25) is 0 Å². The predicted octanol–water partition coefficient (Wildman–Crippen LogP) is 0.555. The van der Waals surface area contributed by atoms with Crippen LogP contribution in [0.4, 0.5) is 0 Å². The minimum atomic E-state index is -0.719. The first kappa shape index (κ1) is 15.3. The Bertz CT molecular complexity index is 297. The molecule has 0 saturated carbocycles. The zero-order valence-corrected chi connectivity index (χ0v) is 11.8. The number of carboxylic acid groups (broad SMARTS) is 1. The number of hydrogen-bond acceptors (Lipinski definition) is 4. The van der Waals surface area contributed by atoms with Gasteiger partial charge in [-0.15, -0.1) is 0 Å². The highest BCUT2D eigenvalue weighted by molar-refractivity contribution is 7.99. The minimum Gasteiger partial charge on any atom is -0.481 e. The van der Waals surface area contributed by atoms with Gasteiger partial charge in [-0.3, -0.25) is 9.59 Å². The SMILES string of the molecule is CC(C)NC(=O)CCSCC1CNCC1C(=O)O. The quantitative estimate of drug-likeness (QED) is 0.591. The molecule has 2 unspecified atom stereocenters. The first-order valence-electron chi connectivity index (χ1n) is 6.31. The molecule has 6 heteroatoms. The Morgan fingerprint density at radius 2 is 2.17 bits per heavy atom. The monoisotopic (exact) mass is 274 g/mol. The van der Waals surface area contributed by atoms with Crippen molar-refractivity contribution in [2.75, 3.05) is 24.6 Å². The summed E-state index contributed by atoms with van der Waals surface area (Å²) in [5, 5.41) is 15.0. The van der Waals surface area contributed by atoms with Gasteiger partial charge in [0, 0.05) is 24.8 Å². The van der Waals surface area contributed by atoms with Gasteiger partial charge in [-0.2, -0.15) is 11.8 Å². The number of hydrogen-bond donors (Lipinski definition) is 3. The maximum absolute atomic E-state index is 11.4. The highest BCUT2D eigenvalue weighted by atomic mass is 32.2. The second kappa shape index (κ2) is 7.63. The van der Waals surface area contributed by atoms with Gasteiger partial charge >= 0.3 is 5.97 Å². The van der Waals surface area contributed by atoms with E-state index in [0.717, 1.165) is 18.1 Å². The maximum Gasteiger partial charge on any atom is 0.308 e. The molecule has 0 aromatic heterocycles. The lowest BCUT2D eigenvalue weighted by Gasteiger charge is -2.14. The van der Waals surface area contributed by atoms with Crippen molar-refractivity contribution < 1.29 is 14.7 Å². The zero-order chi connectivity index (χ0) is 13.5. The molecule has 1 rings (SSSR count). The fourth-order valence-electron chi connectivity index (χ4n) is 1.99. The lowest BCUT2D eigenvalue weighted by Crippen LogP contribution is -2.30. The van der Waals surface area contributed by atoms with E-state index < -0.39 is 5.97 Å². The smallest absolute Gasteiger partial charge is 0.308 e. The highest BCUT2D eigenvalue weighted by Gasteiger charge is 2.32. The van der Waals surface area contributed by atoms with E-state index in [1.807, 2.05) is 13.8 Å². The van der Waals surface area contributed by atoms with Gasteiger partial charge < -0.3 is 15.7 Å². The Hall–Kier alpha value is -0.750. The molecule has 5 nitrogen and oxygen atoms in total.